The summed E-state index contributed by atoms with van der Waals surface area (Å²) < 4.78 is 0. The molecule has 0 bridgehead atoms. The molecule has 1 amide bonds. The van der Waals surface area contributed by atoms with Gasteiger partial charge in [-0.15, -0.1) is 0 Å². The molecule has 3 rings (SSSR count). The van der Waals surface area contributed by atoms with Crippen molar-refractivity contribution in [3.63, 3.8) is 0 Å². The third kappa shape index (κ3) is 4.07. The molecule has 10 heteroatoms. The zero-order chi connectivity index (χ0) is 21.8. The number of pyridine rings is 1. The Hall–Kier alpha value is -4.34. The highest BCUT2D eigenvalue weighted by Gasteiger charge is 2.29. The highest BCUT2D eigenvalue weighted by molar-refractivity contribution is 6.07. The average molecular weight is 408 g/mol. The van der Waals surface area contributed by atoms with E-state index in [4.69, 9.17) is 0 Å². The van der Waals surface area contributed by atoms with Crippen LogP contribution in [0.25, 0.3) is 0 Å². The molecule has 0 fully saturated rings. The van der Waals surface area contributed by atoms with Crippen LogP contribution in [0.5, 0.6) is 5.75 Å². The molecule has 0 spiro atoms. The van der Waals surface area contributed by atoms with Crippen molar-refractivity contribution in [2.45, 2.75) is 13.5 Å². The predicted molar refractivity (Wildman–Crippen MR) is 107 cm³/mol. The maximum absolute atomic E-state index is 13.3. The Morgan fingerprint density at radius 3 is 2.17 bits per heavy atom. The first-order chi connectivity index (χ1) is 14.3. The molecular formula is C20H16N4O6. The number of rotatable bonds is 6. The van der Waals surface area contributed by atoms with Crippen LogP contribution >= 0.6 is 0 Å². The quantitative estimate of drug-likeness (QED) is 0.484. The number of hydrogen-bond donors (Lipinski definition) is 1. The Labute approximate surface area is 170 Å². The third-order valence-corrected chi connectivity index (χ3v) is 4.46. The summed E-state index contributed by atoms with van der Waals surface area (Å²) in [6.45, 7) is 1.19. The van der Waals surface area contributed by atoms with Gasteiger partial charge >= 0.3 is 0 Å². The number of para-hydroxylation sites is 2. The van der Waals surface area contributed by atoms with Crippen molar-refractivity contribution in [3.8, 4) is 5.75 Å². The number of nitrogens with zero attached hydrogens (tertiary/aromatic N) is 4. The van der Waals surface area contributed by atoms with Gasteiger partial charge in [0, 0.05) is 18.3 Å². The monoisotopic (exact) mass is 408 g/mol. The van der Waals surface area contributed by atoms with E-state index in [9.17, 15) is 30.1 Å². The lowest BCUT2D eigenvalue weighted by molar-refractivity contribution is -0.395. The summed E-state index contributed by atoms with van der Waals surface area (Å²) in [6.07, 6.45) is 1.53. The summed E-state index contributed by atoms with van der Waals surface area (Å²) in [5.41, 5.74) is -0.854. The standard InChI is InChI=1S/C20H16N4O6/c1-13-17(23(27)28)10-14(11-18(13)24(29)30)20(26)22(12-15-6-4-5-9-21-15)16-7-2-3-8-19(16)25/h2-11,25H,12H2,1H3. The number of aromatic hydroxyl groups is 1. The summed E-state index contributed by atoms with van der Waals surface area (Å²) in [5.74, 6) is -0.953. The molecule has 1 aromatic heterocycles. The first-order valence-electron chi connectivity index (χ1n) is 8.72. The fourth-order valence-corrected chi connectivity index (χ4v) is 2.95. The van der Waals surface area contributed by atoms with E-state index in [-0.39, 0.29) is 29.1 Å². The van der Waals surface area contributed by atoms with E-state index in [1.807, 2.05) is 0 Å². The molecule has 0 atom stereocenters. The molecule has 152 valence electrons. The molecule has 0 aliphatic carbocycles. The van der Waals surface area contributed by atoms with Crippen LogP contribution in [0.2, 0.25) is 0 Å². The number of anilines is 1. The SMILES string of the molecule is Cc1c([N+](=O)[O-])cc(C(=O)N(Cc2ccccn2)c2ccccc2O)cc1[N+](=O)[O-]. The summed E-state index contributed by atoms with van der Waals surface area (Å²) in [7, 11) is 0. The highest BCUT2D eigenvalue weighted by atomic mass is 16.6. The van der Waals surface area contributed by atoms with E-state index in [1.54, 1.807) is 30.3 Å². The van der Waals surface area contributed by atoms with Crippen LogP contribution in [0.1, 0.15) is 21.6 Å². The van der Waals surface area contributed by atoms with Gasteiger partial charge in [0.15, 0.2) is 0 Å². The van der Waals surface area contributed by atoms with Gasteiger partial charge in [0.25, 0.3) is 17.3 Å². The van der Waals surface area contributed by atoms with Crippen molar-refractivity contribution in [1.82, 2.24) is 4.98 Å². The second kappa shape index (κ2) is 8.35. The van der Waals surface area contributed by atoms with E-state index in [0.717, 1.165) is 17.0 Å². The zero-order valence-corrected chi connectivity index (χ0v) is 15.8. The summed E-state index contributed by atoms with van der Waals surface area (Å²) in [5, 5.41) is 33.0. The lowest BCUT2D eigenvalue weighted by Gasteiger charge is -2.23. The fraction of sp³-hybridized carbons (Fsp3) is 0.100. The molecule has 3 aromatic rings. The lowest BCUT2D eigenvalue weighted by Crippen LogP contribution is -2.31. The number of carbonyl (C=O) groups excluding carboxylic acids is 1. The highest BCUT2D eigenvalue weighted by Crippen LogP contribution is 2.33. The van der Waals surface area contributed by atoms with Crippen LogP contribution in [-0.4, -0.2) is 25.8 Å². The Kier molecular flexibility index (Phi) is 5.68. The van der Waals surface area contributed by atoms with Crippen molar-refractivity contribution in [3.05, 3.63) is 97.8 Å². The summed E-state index contributed by atoms with van der Waals surface area (Å²) in [4.78, 5) is 39.8. The number of amides is 1. The van der Waals surface area contributed by atoms with Crippen LogP contribution in [-0.2, 0) is 6.54 Å². The Morgan fingerprint density at radius 2 is 1.63 bits per heavy atom. The van der Waals surface area contributed by atoms with Crippen LogP contribution in [0.3, 0.4) is 0 Å². The Bertz CT molecular complexity index is 1100. The molecule has 1 heterocycles. The van der Waals surface area contributed by atoms with Gasteiger partial charge in [0.1, 0.15) is 11.3 Å². The molecule has 0 aliphatic rings. The summed E-state index contributed by atoms with van der Waals surface area (Å²) in [6, 6.07) is 13.1. The smallest absolute Gasteiger partial charge is 0.279 e. The van der Waals surface area contributed by atoms with E-state index in [1.165, 1.54) is 25.3 Å². The molecule has 1 N–H and O–H groups in total. The van der Waals surface area contributed by atoms with Gasteiger partial charge in [-0.1, -0.05) is 18.2 Å². The zero-order valence-electron chi connectivity index (χ0n) is 15.8. The van der Waals surface area contributed by atoms with E-state index in [2.05, 4.69) is 4.98 Å². The minimum atomic E-state index is -0.776. The van der Waals surface area contributed by atoms with Crippen molar-refractivity contribution in [2.75, 3.05) is 4.90 Å². The predicted octanol–water partition coefficient (Wildman–Crippen LogP) is 3.76. The molecule has 0 aliphatic heterocycles. The molecular weight excluding hydrogens is 392 g/mol. The van der Waals surface area contributed by atoms with Gasteiger partial charge in [-0.3, -0.25) is 34.9 Å². The molecule has 0 saturated carbocycles. The van der Waals surface area contributed by atoms with Crippen LogP contribution < -0.4 is 4.90 Å². The number of aromatic nitrogens is 1. The number of hydrogen-bond acceptors (Lipinski definition) is 7. The van der Waals surface area contributed by atoms with Crippen LogP contribution in [0, 0.1) is 27.2 Å². The van der Waals surface area contributed by atoms with Crippen LogP contribution in [0.15, 0.2) is 60.8 Å². The first-order valence-corrected chi connectivity index (χ1v) is 8.72. The third-order valence-electron chi connectivity index (χ3n) is 4.46. The van der Waals surface area contributed by atoms with Gasteiger partial charge in [0.05, 0.1) is 33.3 Å². The van der Waals surface area contributed by atoms with E-state index >= 15 is 0 Å². The number of benzene rings is 2. The second-order valence-corrected chi connectivity index (χ2v) is 6.35. The number of phenolic OH excluding ortho intramolecular Hbond substituents is 1. The van der Waals surface area contributed by atoms with E-state index in [0.29, 0.717) is 5.69 Å². The van der Waals surface area contributed by atoms with Gasteiger partial charge in [0.2, 0.25) is 0 Å². The molecule has 10 nitrogen and oxygen atoms in total. The second-order valence-electron chi connectivity index (χ2n) is 6.35. The molecule has 2 aromatic carbocycles. The number of phenols is 1. The minimum absolute atomic E-state index is 0.0628. The maximum Gasteiger partial charge on any atom is 0.279 e. The maximum atomic E-state index is 13.3. The molecule has 0 unspecified atom stereocenters. The largest absolute Gasteiger partial charge is 0.506 e. The van der Waals surface area contributed by atoms with Gasteiger partial charge in [-0.25, -0.2) is 0 Å². The number of nitro benzene ring substituents is 2. The van der Waals surface area contributed by atoms with Crippen molar-refractivity contribution in [1.29, 1.82) is 0 Å². The Morgan fingerprint density at radius 1 is 1.03 bits per heavy atom. The van der Waals surface area contributed by atoms with E-state index < -0.39 is 27.1 Å². The molecule has 0 radical (unpaired) electrons. The normalized spacial score (nSPS) is 10.4. The first kappa shape index (κ1) is 20.4. The minimum Gasteiger partial charge on any atom is -0.506 e. The van der Waals surface area contributed by atoms with Gasteiger partial charge in [-0.2, -0.15) is 0 Å². The average Bonchev–Trinajstić information content (AvgIpc) is 2.72. The summed E-state index contributed by atoms with van der Waals surface area (Å²) >= 11 is 0. The molecule has 30 heavy (non-hydrogen) atoms. The van der Waals surface area contributed by atoms with Crippen LogP contribution in [0.4, 0.5) is 17.1 Å². The number of carbonyl (C=O) groups is 1. The Balaban J connectivity index is 2.14. The fourth-order valence-electron chi connectivity index (χ4n) is 2.95. The van der Waals surface area contributed by atoms with Crippen molar-refractivity contribution >= 4 is 23.0 Å². The van der Waals surface area contributed by atoms with Crippen molar-refractivity contribution < 1.29 is 19.7 Å². The lowest BCUT2D eigenvalue weighted by atomic mass is 10.1. The number of nitro groups is 2. The van der Waals surface area contributed by atoms with Crippen molar-refractivity contribution in [2.24, 2.45) is 0 Å². The van der Waals surface area contributed by atoms with Gasteiger partial charge < -0.3 is 5.11 Å². The molecule has 0 saturated heterocycles. The topological polar surface area (TPSA) is 140 Å². The van der Waals surface area contributed by atoms with Gasteiger partial charge in [-0.05, 0) is 31.2 Å².